The first-order valence-electron chi connectivity index (χ1n) is 9.93. The molecular formula is C24H23N5O2. The lowest BCUT2D eigenvalue weighted by atomic mass is 10.2. The third-order valence-corrected chi connectivity index (χ3v) is 4.95. The minimum Gasteiger partial charge on any atom is -0.481 e. The second-order valence-electron chi connectivity index (χ2n) is 7.27. The molecule has 0 aliphatic carbocycles. The average molecular weight is 413 g/mol. The summed E-state index contributed by atoms with van der Waals surface area (Å²) < 4.78 is 7.70. The van der Waals surface area contributed by atoms with Crippen LogP contribution in [0.2, 0.25) is 0 Å². The Morgan fingerprint density at radius 2 is 1.94 bits per heavy atom. The fourth-order valence-corrected chi connectivity index (χ4v) is 3.46. The summed E-state index contributed by atoms with van der Waals surface area (Å²) in [5.74, 6) is 1.07. The van der Waals surface area contributed by atoms with E-state index in [2.05, 4.69) is 25.1 Å². The first-order chi connectivity index (χ1) is 15.0. The van der Waals surface area contributed by atoms with Gasteiger partial charge in [-0.1, -0.05) is 18.2 Å². The largest absolute Gasteiger partial charge is 0.481 e. The number of hydrogen-bond donors (Lipinski definition) is 1. The Kier molecular flexibility index (Phi) is 5.75. The number of nitrogens with one attached hydrogen (secondary N) is 1. The molecule has 0 spiro atoms. The van der Waals surface area contributed by atoms with Gasteiger partial charge in [-0.2, -0.15) is 5.10 Å². The van der Waals surface area contributed by atoms with Crippen LogP contribution in [0.5, 0.6) is 5.75 Å². The van der Waals surface area contributed by atoms with Gasteiger partial charge in [0.25, 0.3) is 5.91 Å². The smallest absolute Gasteiger partial charge is 0.277 e. The molecule has 4 aromatic rings. The third-order valence-electron chi connectivity index (χ3n) is 4.95. The van der Waals surface area contributed by atoms with Gasteiger partial charge in [0.1, 0.15) is 17.1 Å². The molecule has 3 heterocycles. The summed E-state index contributed by atoms with van der Waals surface area (Å²) in [5, 5.41) is 5.04. The number of rotatable bonds is 6. The van der Waals surface area contributed by atoms with Gasteiger partial charge in [0.05, 0.1) is 6.21 Å². The van der Waals surface area contributed by atoms with Crippen LogP contribution in [0.25, 0.3) is 16.7 Å². The van der Waals surface area contributed by atoms with Crippen LogP contribution in [0.4, 0.5) is 0 Å². The van der Waals surface area contributed by atoms with Crippen LogP contribution < -0.4 is 10.2 Å². The Labute approximate surface area is 180 Å². The molecule has 0 fully saturated rings. The number of aryl methyl sites for hydroxylation is 2. The number of carbonyl (C=O) groups excluding carboxylic acids is 1. The summed E-state index contributed by atoms with van der Waals surface area (Å²) in [7, 11) is 0. The number of benzene rings is 1. The van der Waals surface area contributed by atoms with Crippen molar-refractivity contribution < 1.29 is 9.53 Å². The second kappa shape index (κ2) is 8.79. The molecule has 0 radical (unpaired) electrons. The monoisotopic (exact) mass is 413 g/mol. The number of hydrogen-bond acceptors (Lipinski definition) is 5. The topological polar surface area (TPSA) is 81.4 Å². The van der Waals surface area contributed by atoms with Crippen molar-refractivity contribution in [3.05, 3.63) is 83.4 Å². The molecule has 0 unspecified atom stereocenters. The summed E-state index contributed by atoms with van der Waals surface area (Å²) in [6.45, 7) is 5.89. The number of amides is 1. The molecule has 3 aromatic heterocycles. The van der Waals surface area contributed by atoms with Crippen LogP contribution >= 0.6 is 0 Å². The molecule has 156 valence electrons. The molecule has 7 heteroatoms. The second-order valence-corrected chi connectivity index (χ2v) is 7.27. The number of nitrogens with zero attached hydrogens (tertiary/aromatic N) is 4. The summed E-state index contributed by atoms with van der Waals surface area (Å²) in [6.07, 6.45) is 5.12. The van der Waals surface area contributed by atoms with E-state index in [4.69, 9.17) is 4.74 Å². The Morgan fingerprint density at radius 3 is 2.77 bits per heavy atom. The van der Waals surface area contributed by atoms with Gasteiger partial charge in [-0.15, -0.1) is 0 Å². The van der Waals surface area contributed by atoms with E-state index in [1.165, 1.54) is 0 Å². The summed E-state index contributed by atoms with van der Waals surface area (Å²) in [5.41, 5.74) is 7.31. The first-order valence-corrected chi connectivity index (χ1v) is 9.93. The van der Waals surface area contributed by atoms with Crippen LogP contribution in [-0.2, 0) is 4.79 Å². The van der Waals surface area contributed by atoms with Crippen molar-refractivity contribution in [2.75, 3.05) is 6.61 Å². The molecule has 1 N–H and O–H groups in total. The molecular weight excluding hydrogens is 390 g/mol. The zero-order valence-corrected chi connectivity index (χ0v) is 17.7. The van der Waals surface area contributed by atoms with E-state index < -0.39 is 0 Å². The molecule has 4 rings (SSSR count). The van der Waals surface area contributed by atoms with Gasteiger partial charge in [-0.05, 0) is 56.7 Å². The van der Waals surface area contributed by atoms with Gasteiger partial charge >= 0.3 is 0 Å². The van der Waals surface area contributed by atoms with Crippen LogP contribution in [0, 0.1) is 20.8 Å². The zero-order valence-electron chi connectivity index (χ0n) is 17.7. The Bertz CT molecular complexity index is 1270. The maximum Gasteiger partial charge on any atom is 0.277 e. The van der Waals surface area contributed by atoms with Crippen molar-refractivity contribution in [2.45, 2.75) is 20.8 Å². The number of pyridine rings is 2. The molecule has 1 amide bonds. The normalized spacial score (nSPS) is 11.2. The molecule has 0 bridgehead atoms. The predicted octanol–water partition coefficient (Wildman–Crippen LogP) is 3.87. The van der Waals surface area contributed by atoms with Crippen LogP contribution in [0.3, 0.4) is 0 Å². The number of hydrazone groups is 1. The Morgan fingerprint density at radius 1 is 1.10 bits per heavy atom. The SMILES string of the molecule is Cc1ccnc(-n2c(C)cc(C=NNC(=O)COc3cccc4cccnc34)c2C)c1. The molecule has 7 nitrogen and oxygen atoms in total. The molecule has 0 aliphatic rings. The Balaban J connectivity index is 1.41. The van der Waals surface area contributed by atoms with Gasteiger partial charge in [0.2, 0.25) is 0 Å². The molecule has 0 atom stereocenters. The van der Waals surface area contributed by atoms with Crippen molar-refractivity contribution in [3.8, 4) is 11.6 Å². The number of ether oxygens (including phenoxy) is 1. The summed E-state index contributed by atoms with van der Waals surface area (Å²) in [6, 6.07) is 15.4. The van der Waals surface area contributed by atoms with E-state index in [0.717, 1.165) is 39.2 Å². The fraction of sp³-hybridized carbons (Fsp3) is 0.167. The lowest BCUT2D eigenvalue weighted by molar-refractivity contribution is -0.123. The lowest BCUT2D eigenvalue weighted by Crippen LogP contribution is -2.24. The molecule has 0 aliphatic heterocycles. The standard InChI is InChI=1S/C24H23N5O2/c1-16-9-11-25-22(12-16)29-17(2)13-20(18(29)3)14-27-28-23(30)15-31-21-8-4-6-19-7-5-10-26-24(19)21/h4-14H,15H2,1-3H3,(H,28,30). The average Bonchev–Trinajstić information content (AvgIpc) is 3.05. The van der Waals surface area contributed by atoms with E-state index in [1.54, 1.807) is 24.7 Å². The minimum absolute atomic E-state index is 0.154. The van der Waals surface area contributed by atoms with Crippen molar-refractivity contribution in [3.63, 3.8) is 0 Å². The summed E-state index contributed by atoms with van der Waals surface area (Å²) >= 11 is 0. The van der Waals surface area contributed by atoms with E-state index in [-0.39, 0.29) is 12.5 Å². The van der Waals surface area contributed by atoms with Gasteiger partial charge in [0, 0.05) is 34.7 Å². The predicted molar refractivity (Wildman–Crippen MR) is 121 cm³/mol. The van der Waals surface area contributed by atoms with E-state index in [1.807, 2.05) is 63.2 Å². The van der Waals surface area contributed by atoms with Gasteiger partial charge in [0.15, 0.2) is 6.61 Å². The van der Waals surface area contributed by atoms with Crippen molar-refractivity contribution >= 4 is 23.0 Å². The van der Waals surface area contributed by atoms with E-state index in [9.17, 15) is 4.79 Å². The Hall–Kier alpha value is -4.00. The highest BCUT2D eigenvalue weighted by Crippen LogP contribution is 2.22. The van der Waals surface area contributed by atoms with Crippen molar-refractivity contribution in [1.82, 2.24) is 20.0 Å². The summed E-state index contributed by atoms with van der Waals surface area (Å²) in [4.78, 5) is 20.9. The molecule has 31 heavy (non-hydrogen) atoms. The highest BCUT2D eigenvalue weighted by molar-refractivity contribution is 5.86. The molecule has 0 saturated heterocycles. The van der Waals surface area contributed by atoms with Crippen LogP contribution in [-0.4, -0.2) is 33.3 Å². The minimum atomic E-state index is -0.349. The maximum absolute atomic E-state index is 12.2. The van der Waals surface area contributed by atoms with Gasteiger partial charge in [-0.3, -0.25) is 9.78 Å². The van der Waals surface area contributed by atoms with E-state index in [0.29, 0.717) is 5.75 Å². The highest BCUT2D eigenvalue weighted by atomic mass is 16.5. The van der Waals surface area contributed by atoms with Gasteiger partial charge < -0.3 is 9.30 Å². The maximum atomic E-state index is 12.2. The number of fused-ring (bicyclic) bond motifs is 1. The van der Waals surface area contributed by atoms with Crippen LogP contribution in [0.15, 0.2) is 66.0 Å². The van der Waals surface area contributed by atoms with Crippen LogP contribution in [0.1, 0.15) is 22.5 Å². The lowest BCUT2D eigenvalue weighted by Gasteiger charge is -2.09. The molecule has 0 saturated carbocycles. The van der Waals surface area contributed by atoms with E-state index >= 15 is 0 Å². The van der Waals surface area contributed by atoms with Gasteiger partial charge in [-0.25, -0.2) is 10.4 Å². The fourth-order valence-electron chi connectivity index (χ4n) is 3.46. The third kappa shape index (κ3) is 4.45. The first kappa shape index (κ1) is 20.3. The number of aromatic nitrogens is 3. The number of carbonyl (C=O) groups is 1. The van der Waals surface area contributed by atoms with Crippen molar-refractivity contribution in [1.29, 1.82) is 0 Å². The highest BCUT2D eigenvalue weighted by Gasteiger charge is 2.11. The van der Waals surface area contributed by atoms with Crippen molar-refractivity contribution in [2.24, 2.45) is 5.10 Å². The molecule has 1 aromatic carbocycles. The number of para-hydroxylation sites is 1. The zero-order chi connectivity index (χ0) is 21.8. The quantitative estimate of drug-likeness (QED) is 0.384.